The van der Waals surface area contributed by atoms with Crippen LogP contribution in [-0.2, 0) is 32.0 Å². The third-order valence-electron chi connectivity index (χ3n) is 6.11. The summed E-state index contributed by atoms with van der Waals surface area (Å²) in [6.45, 7) is -0.700. The van der Waals surface area contributed by atoms with Gasteiger partial charge in [-0.1, -0.05) is 24.3 Å². The van der Waals surface area contributed by atoms with E-state index in [4.69, 9.17) is 17.2 Å². The van der Waals surface area contributed by atoms with Gasteiger partial charge >= 0.3 is 5.97 Å². The Bertz CT molecular complexity index is 1230. The fourth-order valence-corrected chi connectivity index (χ4v) is 3.84. The highest BCUT2D eigenvalue weighted by Gasteiger charge is 2.30. The van der Waals surface area contributed by atoms with E-state index in [1.165, 1.54) is 36.4 Å². The number of carbonyl (C=O) groups is 4. The van der Waals surface area contributed by atoms with Crippen molar-refractivity contribution in [2.75, 3.05) is 13.2 Å². The average molecular weight is 588 g/mol. The molecule has 3 amide bonds. The van der Waals surface area contributed by atoms with Gasteiger partial charge in [0, 0.05) is 13.0 Å². The molecule has 4 unspecified atom stereocenters. The van der Waals surface area contributed by atoms with Crippen molar-refractivity contribution in [1.82, 2.24) is 16.0 Å². The second-order valence-corrected chi connectivity index (χ2v) is 9.50. The van der Waals surface area contributed by atoms with Gasteiger partial charge in [-0.3, -0.25) is 19.4 Å². The molecular formula is C27H37N7O8. The molecule has 0 saturated carbocycles. The standard InChI is InChI=1S/C27H37N7O8/c28-19(12-15-3-7-17(36)8-4-15)23(38)34-22(14-35)25(40)32-20(2-1-11-31-27(29)30)24(39)33-21(26(41)42)13-16-5-9-18(37)10-6-16/h3-10,19-22,35-37H,1-2,11-14,28H2,(H,32,40)(H,33,39)(H,34,38)(H,41,42)(H4,29,30,31). The first-order valence-electron chi connectivity index (χ1n) is 13.0. The van der Waals surface area contributed by atoms with Crippen molar-refractivity contribution in [3.05, 3.63) is 59.7 Å². The number of hydrogen-bond donors (Lipinski definition) is 10. The van der Waals surface area contributed by atoms with E-state index in [1.54, 1.807) is 12.1 Å². The molecule has 13 N–H and O–H groups in total. The number of carbonyl (C=O) groups excluding carboxylic acids is 3. The zero-order valence-electron chi connectivity index (χ0n) is 22.8. The number of nitrogens with two attached hydrogens (primary N) is 3. The van der Waals surface area contributed by atoms with Gasteiger partial charge in [0.2, 0.25) is 17.7 Å². The molecule has 0 saturated heterocycles. The lowest BCUT2D eigenvalue weighted by molar-refractivity contribution is -0.142. The SMILES string of the molecule is NC(N)=NCCCC(NC(=O)C(CO)NC(=O)C(N)Cc1ccc(O)cc1)C(=O)NC(Cc1ccc(O)cc1)C(=O)O. The molecule has 228 valence electrons. The average Bonchev–Trinajstić information content (AvgIpc) is 2.94. The lowest BCUT2D eigenvalue weighted by atomic mass is 10.0. The molecule has 42 heavy (non-hydrogen) atoms. The number of hydrogen-bond acceptors (Lipinski definition) is 9. The zero-order valence-corrected chi connectivity index (χ0v) is 22.8. The Morgan fingerprint density at radius 1 is 0.738 bits per heavy atom. The lowest BCUT2D eigenvalue weighted by Crippen LogP contribution is -2.58. The van der Waals surface area contributed by atoms with Crippen LogP contribution >= 0.6 is 0 Å². The molecule has 0 aliphatic rings. The molecule has 2 rings (SSSR count). The quantitative estimate of drug-likeness (QED) is 0.0571. The molecule has 15 nitrogen and oxygen atoms in total. The summed E-state index contributed by atoms with van der Waals surface area (Å²) in [6.07, 6.45) is 0.190. The van der Waals surface area contributed by atoms with Crippen molar-refractivity contribution >= 4 is 29.7 Å². The Morgan fingerprint density at radius 3 is 1.71 bits per heavy atom. The Kier molecular flexibility index (Phi) is 13.0. The normalized spacial score (nSPS) is 13.6. The first kappa shape index (κ1) is 33.3. The minimum absolute atomic E-state index is 0.00758. The molecule has 0 aromatic heterocycles. The molecule has 2 aromatic rings. The zero-order chi connectivity index (χ0) is 31.2. The molecule has 0 aliphatic heterocycles. The largest absolute Gasteiger partial charge is 0.508 e. The van der Waals surface area contributed by atoms with Crippen molar-refractivity contribution in [2.24, 2.45) is 22.2 Å². The summed E-state index contributed by atoms with van der Waals surface area (Å²) in [5, 5.41) is 45.5. The Hall–Kier alpha value is -4.89. The Labute approximate surface area is 241 Å². The van der Waals surface area contributed by atoms with Gasteiger partial charge in [0.25, 0.3) is 0 Å². The number of benzene rings is 2. The molecule has 0 heterocycles. The van der Waals surface area contributed by atoms with Gasteiger partial charge in [-0.25, -0.2) is 4.79 Å². The van der Waals surface area contributed by atoms with Gasteiger partial charge in [-0.2, -0.15) is 0 Å². The van der Waals surface area contributed by atoms with Crippen molar-refractivity contribution in [1.29, 1.82) is 0 Å². The minimum Gasteiger partial charge on any atom is -0.508 e. The van der Waals surface area contributed by atoms with Crippen LogP contribution in [0, 0.1) is 0 Å². The third-order valence-corrected chi connectivity index (χ3v) is 6.11. The number of aliphatic hydroxyl groups is 1. The molecule has 0 aliphatic carbocycles. The number of carboxylic acid groups (broad SMARTS) is 1. The number of carboxylic acids is 1. The highest BCUT2D eigenvalue weighted by Crippen LogP contribution is 2.13. The van der Waals surface area contributed by atoms with E-state index in [0.717, 1.165) is 0 Å². The number of guanidine groups is 1. The van der Waals surface area contributed by atoms with E-state index in [2.05, 4.69) is 20.9 Å². The van der Waals surface area contributed by atoms with Crippen LogP contribution in [0.2, 0.25) is 0 Å². The van der Waals surface area contributed by atoms with Gasteiger partial charge in [-0.05, 0) is 54.7 Å². The van der Waals surface area contributed by atoms with Gasteiger partial charge in [0.15, 0.2) is 5.96 Å². The number of aliphatic hydroxyl groups excluding tert-OH is 1. The van der Waals surface area contributed by atoms with Gasteiger partial charge in [-0.15, -0.1) is 0 Å². The predicted molar refractivity (Wildman–Crippen MR) is 152 cm³/mol. The number of aromatic hydroxyl groups is 2. The molecule has 0 radical (unpaired) electrons. The van der Waals surface area contributed by atoms with E-state index in [0.29, 0.717) is 11.1 Å². The number of aliphatic imine (C=N–C) groups is 1. The van der Waals surface area contributed by atoms with E-state index < -0.39 is 54.5 Å². The summed E-state index contributed by atoms with van der Waals surface area (Å²) in [7, 11) is 0. The Balaban J connectivity index is 2.10. The predicted octanol–water partition coefficient (Wildman–Crippen LogP) is -2.20. The van der Waals surface area contributed by atoms with Crippen LogP contribution in [0.25, 0.3) is 0 Å². The van der Waals surface area contributed by atoms with Crippen LogP contribution in [0.1, 0.15) is 24.0 Å². The molecule has 15 heteroatoms. The maximum Gasteiger partial charge on any atom is 0.326 e. The van der Waals surface area contributed by atoms with E-state index in [-0.39, 0.29) is 49.7 Å². The molecule has 4 atom stereocenters. The summed E-state index contributed by atoms with van der Waals surface area (Å²) in [5.41, 5.74) is 17.8. The van der Waals surface area contributed by atoms with Crippen LogP contribution in [-0.4, -0.2) is 87.4 Å². The summed E-state index contributed by atoms with van der Waals surface area (Å²) in [4.78, 5) is 54.4. The van der Waals surface area contributed by atoms with E-state index >= 15 is 0 Å². The molecule has 0 bridgehead atoms. The molecule has 0 spiro atoms. The first-order valence-corrected chi connectivity index (χ1v) is 13.0. The number of rotatable bonds is 16. The highest BCUT2D eigenvalue weighted by atomic mass is 16.4. The summed E-state index contributed by atoms with van der Waals surface area (Å²) in [5.74, 6) is -3.95. The summed E-state index contributed by atoms with van der Waals surface area (Å²) >= 11 is 0. The fraction of sp³-hybridized carbons (Fsp3) is 0.370. The van der Waals surface area contributed by atoms with E-state index in [1.807, 2.05) is 0 Å². The molecule has 2 aromatic carbocycles. The maximum absolute atomic E-state index is 13.1. The fourth-order valence-electron chi connectivity index (χ4n) is 3.84. The second-order valence-electron chi connectivity index (χ2n) is 9.50. The number of phenolic OH excluding ortho intramolecular Hbond substituents is 2. The highest BCUT2D eigenvalue weighted by molar-refractivity contribution is 5.94. The lowest BCUT2D eigenvalue weighted by Gasteiger charge is -2.24. The van der Waals surface area contributed by atoms with Crippen LogP contribution in [0.3, 0.4) is 0 Å². The van der Waals surface area contributed by atoms with Gasteiger partial charge < -0.3 is 53.6 Å². The van der Waals surface area contributed by atoms with Crippen LogP contribution < -0.4 is 33.2 Å². The second kappa shape index (κ2) is 16.4. The number of amides is 3. The number of phenols is 2. The van der Waals surface area contributed by atoms with Crippen LogP contribution in [0.4, 0.5) is 0 Å². The molecular weight excluding hydrogens is 550 g/mol. The number of nitrogens with zero attached hydrogens (tertiary/aromatic N) is 1. The van der Waals surface area contributed by atoms with Crippen LogP contribution in [0.15, 0.2) is 53.5 Å². The topological polar surface area (TPSA) is 276 Å². The number of aliphatic carboxylic acids is 1. The monoisotopic (exact) mass is 587 g/mol. The summed E-state index contributed by atoms with van der Waals surface area (Å²) < 4.78 is 0. The van der Waals surface area contributed by atoms with E-state index in [9.17, 15) is 39.6 Å². The smallest absolute Gasteiger partial charge is 0.326 e. The maximum atomic E-state index is 13.1. The van der Waals surface area contributed by atoms with Crippen molar-refractivity contribution in [3.63, 3.8) is 0 Å². The van der Waals surface area contributed by atoms with Gasteiger partial charge in [0.1, 0.15) is 29.6 Å². The first-order chi connectivity index (χ1) is 19.9. The molecule has 0 fully saturated rings. The Morgan fingerprint density at radius 2 is 1.21 bits per heavy atom. The number of nitrogens with one attached hydrogen (secondary N) is 3. The third kappa shape index (κ3) is 11.3. The van der Waals surface area contributed by atoms with Crippen molar-refractivity contribution in [3.8, 4) is 11.5 Å². The van der Waals surface area contributed by atoms with Crippen LogP contribution in [0.5, 0.6) is 11.5 Å². The van der Waals surface area contributed by atoms with Crippen molar-refractivity contribution < 1.29 is 39.6 Å². The van der Waals surface area contributed by atoms with Crippen molar-refractivity contribution in [2.45, 2.75) is 49.9 Å². The summed E-state index contributed by atoms with van der Waals surface area (Å²) in [6, 6.07) is 6.59. The minimum atomic E-state index is -1.47. The van der Waals surface area contributed by atoms with Gasteiger partial charge in [0.05, 0.1) is 12.6 Å².